The molecular formula is C13H18N2O3. The van der Waals surface area contributed by atoms with Crippen LogP contribution in [-0.4, -0.2) is 39.6 Å². The first-order valence-electron chi connectivity index (χ1n) is 6.05. The number of phenols is 2. The summed E-state index contributed by atoms with van der Waals surface area (Å²) in [6.45, 7) is 3.09. The van der Waals surface area contributed by atoms with E-state index in [2.05, 4.69) is 6.92 Å². The van der Waals surface area contributed by atoms with Gasteiger partial charge in [0.15, 0.2) is 0 Å². The van der Waals surface area contributed by atoms with Crippen LogP contribution in [0.15, 0.2) is 18.2 Å². The van der Waals surface area contributed by atoms with E-state index in [0.29, 0.717) is 13.1 Å². The van der Waals surface area contributed by atoms with Crippen molar-refractivity contribution in [2.24, 2.45) is 5.73 Å². The summed E-state index contributed by atoms with van der Waals surface area (Å²) in [5, 5.41) is 18.8. The minimum atomic E-state index is -0.281. The molecule has 18 heavy (non-hydrogen) atoms. The monoisotopic (exact) mass is 250 g/mol. The van der Waals surface area contributed by atoms with Crippen molar-refractivity contribution in [2.75, 3.05) is 13.1 Å². The topological polar surface area (TPSA) is 86.8 Å². The highest BCUT2D eigenvalue weighted by molar-refractivity contribution is 5.97. The van der Waals surface area contributed by atoms with Gasteiger partial charge in [0.1, 0.15) is 11.5 Å². The number of rotatable bonds is 3. The fraction of sp³-hybridized carbons (Fsp3) is 0.462. The summed E-state index contributed by atoms with van der Waals surface area (Å²) in [7, 11) is 0. The number of amides is 1. The molecule has 0 spiro atoms. The van der Waals surface area contributed by atoms with Gasteiger partial charge in [0.05, 0.1) is 11.1 Å². The van der Waals surface area contributed by atoms with Gasteiger partial charge in [-0.3, -0.25) is 4.79 Å². The van der Waals surface area contributed by atoms with E-state index in [9.17, 15) is 15.0 Å². The predicted octanol–water partition coefficient (Wildman–Crippen LogP) is 1.05. The normalized spacial score (nSPS) is 17.3. The molecule has 0 aliphatic carbocycles. The highest BCUT2D eigenvalue weighted by Crippen LogP contribution is 2.29. The van der Waals surface area contributed by atoms with Crippen molar-refractivity contribution in [1.82, 2.24) is 4.90 Å². The summed E-state index contributed by atoms with van der Waals surface area (Å²) in [5.41, 5.74) is 6.00. The lowest BCUT2D eigenvalue weighted by molar-refractivity contribution is 0.0383. The van der Waals surface area contributed by atoms with Crippen LogP contribution in [0.3, 0.4) is 0 Å². The average molecular weight is 250 g/mol. The fourth-order valence-corrected chi connectivity index (χ4v) is 2.38. The third-order valence-electron chi connectivity index (χ3n) is 3.26. The predicted molar refractivity (Wildman–Crippen MR) is 67.5 cm³/mol. The summed E-state index contributed by atoms with van der Waals surface area (Å²) in [6, 6.07) is 3.96. The Morgan fingerprint density at radius 2 is 2.11 bits per heavy atom. The molecule has 1 heterocycles. The van der Waals surface area contributed by atoms with Crippen LogP contribution in [0.2, 0.25) is 0 Å². The summed E-state index contributed by atoms with van der Waals surface area (Å²) >= 11 is 0. The van der Waals surface area contributed by atoms with Crippen molar-refractivity contribution in [3.63, 3.8) is 0 Å². The van der Waals surface area contributed by atoms with E-state index in [1.807, 2.05) is 0 Å². The van der Waals surface area contributed by atoms with Crippen molar-refractivity contribution < 1.29 is 15.0 Å². The van der Waals surface area contributed by atoms with Gasteiger partial charge in [-0.2, -0.15) is 0 Å². The van der Waals surface area contributed by atoms with E-state index in [1.54, 1.807) is 4.90 Å². The molecule has 0 radical (unpaired) electrons. The molecule has 0 aromatic heterocycles. The van der Waals surface area contributed by atoms with Crippen molar-refractivity contribution in [3.8, 4) is 11.5 Å². The van der Waals surface area contributed by atoms with E-state index in [-0.39, 0.29) is 28.5 Å². The van der Waals surface area contributed by atoms with Crippen LogP contribution in [0.25, 0.3) is 0 Å². The van der Waals surface area contributed by atoms with Crippen LogP contribution in [0.5, 0.6) is 11.5 Å². The molecular weight excluding hydrogens is 232 g/mol. The third kappa shape index (κ3) is 2.26. The van der Waals surface area contributed by atoms with Gasteiger partial charge in [0.2, 0.25) is 0 Å². The number of carbonyl (C=O) groups is 1. The Morgan fingerprint density at radius 1 is 1.44 bits per heavy atom. The lowest BCUT2D eigenvalue weighted by atomic mass is 9.86. The molecule has 1 saturated heterocycles. The van der Waals surface area contributed by atoms with Crippen LogP contribution in [0.1, 0.15) is 30.1 Å². The van der Waals surface area contributed by atoms with E-state index in [1.165, 1.54) is 12.1 Å². The standard InChI is InChI=1S/C13H18N2O3/c1-2-5-13(14)7-15(8-13)12(18)10-4-3-9(16)6-11(10)17/h3-4,6,16-17H,2,5,7-8,14H2,1H3. The zero-order valence-corrected chi connectivity index (χ0v) is 10.4. The SMILES string of the molecule is CCCC1(N)CN(C(=O)c2ccc(O)cc2O)C1. The number of hydrogen-bond acceptors (Lipinski definition) is 4. The third-order valence-corrected chi connectivity index (χ3v) is 3.26. The molecule has 1 aliphatic heterocycles. The summed E-state index contributed by atoms with van der Waals surface area (Å²) in [5.74, 6) is -0.512. The number of aromatic hydroxyl groups is 2. The number of hydrogen-bond donors (Lipinski definition) is 3. The van der Waals surface area contributed by atoms with Crippen LogP contribution < -0.4 is 5.73 Å². The molecule has 0 atom stereocenters. The van der Waals surface area contributed by atoms with E-state index in [4.69, 9.17) is 5.73 Å². The van der Waals surface area contributed by atoms with Gasteiger partial charge >= 0.3 is 0 Å². The lowest BCUT2D eigenvalue weighted by Gasteiger charge is -2.47. The number of phenolic OH excluding ortho intramolecular Hbond substituents is 2. The molecule has 0 bridgehead atoms. The Morgan fingerprint density at radius 3 is 2.67 bits per heavy atom. The minimum absolute atomic E-state index is 0.0631. The Balaban J connectivity index is 2.06. The van der Waals surface area contributed by atoms with Crippen molar-refractivity contribution >= 4 is 5.91 Å². The maximum absolute atomic E-state index is 12.1. The molecule has 0 unspecified atom stereocenters. The molecule has 4 N–H and O–H groups in total. The Hall–Kier alpha value is -1.75. The summed E-state index contributed by atoms with van der Waals surface area (Å²) in [4.78, 5) is 13.7. The van der Waals surface area contributed by atoms with Crippen LogP contribution in [0.4, 0.5) is 0 Å². The quantitative estimate of drug-likeness (QED) is 0.748. The van der Waals surface area contributed by atoms with Crippen molar-refractivity contribution in [2.45, 2.75) is 25.3 Å². The van der Waals surface area contributed by atoms with Gasteiger partial charge in [-0.15, -0.1) is 0 Å². The maximum Gasteiger partial charge on any atom is 0.257 e. The van der Waals surface area contributed by atoms with Crippen LogP contribution in [0, 0.1) is 0 Å². The largest absolute Gasteiger partial charge is 0.508 e. The number of benzene rings is 1. The molecule has 1 aromatic carbocycles. The molecule has 1 fully saturated rings. The highest BCUT2D eigenvalue weighted by atomic mass is 16.3. The van der Waals surface area contributed by atoms with E-state index in [0.717, 1.165) is 18.9 Å². The van der Waals surface area contributed by atoms with E-state index >= 15 is 0 Å². The number of likely N-dealkylation sites (tertiary alicyclic amines) is 1. The molecule has 5 nitrogen and oxygen atoms in total. The van der Waals surface area contributed by atoms with Crippen LogP contribution in [-0.2, 0) is 0 Å². The minimum Gasteiger partial charge on any atom is -0.508 e. The molecule has 1 amide bonds. The maximum atomic E-state index is 12.1. The van der Waals surface area contributed by atoms with Crippen molar-refractivity contribution in [3.05, 3.63) is 23.8 Å². The first-order valence-corrected chi connectivity index (χ1v) is 6.05. The summed E-state index contributed by atoms with van der Waals surface area (Å²) in [6.07, 6.45) is 1.88. The summed E-state index contributed by atoms with van der Waals surface area (Å²) < 4.78 is 0. The van der Waals surface area contributed by atoms with Gasteiger partial charge in [-0.25, -0.2) is 0 Å². The molecule has 0 saturated carbocycles. The van der Waals surface area contributed by atoms with Gasteiger partial charge < -0.3 is 20.8 Å². The molecule has 2 rings (SSSR count). The Kier molecular flexibility index (Phi) is 3.17. The van der Waals surface area contributed by atoms with Gasteiger partial charge in [-0.1, -0.05) is 13.3 Å². The number of nitrogens with zero attached hydrogens (tertiary/aromatic N) is 1. The zero-order valence-electron chi connectivity index (χ0n) is 10.4. The Bertz CT molecular complexity index is 467. The molecule has 1 aliphatic rings. The first kappa shape index (κ1) is 12.7. The van der Waals surface area contributed by atoms with Crippen LogP contribution >= 0.6 is 0 Å². The zero-order chi connectivity index (χ0) is 13.3. The number of carbonyl (C=O) groups excluding carboxylic acids is 1. The smallest absolute Gasteiger partial charge is 0.257 e. The first-order chi connectivity index (χ1) is 8.45. The second-order valence-electron chi connectivity index (χ2n) is 4.98. The lowest BCUT2D eigenvalue weighted by Crippen LogP contribution is -2.68. The molecule has 98 valence electrons. The molecule has 1 aromatic rings. The fourth-order valence-electron chi connectivity index (χ4n) is 2.38. The van der Waals surface area contributed by atoms with Gasteiger partial charge in [-0.05, 0) is 18.6 Å². The van der Waals surface area contributed by atoms with Gasteiger partial charge in [0.25, 0.3) is 5.91 Å². The Labute approximate surface area is 106 Å². The average Bonchev–Trinajstić information content (AvgIpc) is 2.25. The van der Waals surface area contributed by atoms with Gasteiger partial charge in [0, 0.05) is 19.2 Å². The highest BCUT2D eigenvalue weighted by Gasteiger charge is 2.41. The van der Waals surface area contributed by atoms with E-state index < -0.39 is 0 Å². The number of nitrogens with two attached hydrogens (primary N) is 1. The van der Waals surface area contributed by atoms with Crippen molar-refractivity contribution in [1.29, 1.82) is 0 Å². The molecule has 5 heteroatoms. The second kappa shape index (κ2) is 4.49. The second-order valence-corrected chi connectivity index (χ2v) is 4.98.